The fourth-order valence-electron chi connectivity index (χ4n) is 1.14. The summed E-state index contributed by atoms with van der Waals surface area (Å²) in [5, 5.41) is 3.52. The maximum Gasteiger partial charge on any atom is 0.455 e. The summed E-state index contributed by atoms with van der Waals surface area (Å²) in [4.78, 5) is 0. The molecule has 0 radical (unpaired) electrons. The van der Waals surface area contributed by atoms with Crippen molar-refractivity contribution in [2.45, 2.75) is 32.5 Å². The standard InChI is InChI=1S/C8H10F5N3/c1-4-6(14)5(2)16(15-4)3-7(9,10)8(11,12)13/h3,14H2,1-2H3. The lowest BCUT2D eigenvalue weighted by molar-refractivity contribution is -0.287. The Morgan fingerprint density at radius 2 is 1.69 bits per heavy atom. The molecule has 0 unspecified atom stereocenters. The molecule has 1 aromatic rings. The van der Waals surface area contributed by atoms with Crippen LogP contribution in [0.2, 0.25) is 0 Å². The SMILES string of the molecule is Cc1nn(CC(F)(F)C(F)(F)F)c(C)c1N. The summed E-state index contributed by atoms with van der Waals surface area (Å²) < 4.78 is 61.8. The van der Waals surface area contributed by atoms with Gasteiger partial charge in [-0.2, -0.15) is 27.1 Å². The highest BCUT2D eigenvalue weighted by atomic mass is 19.4. The number of rotatable bonds is 2. The first-order valence-electron chi connectivity index (χ1n) is 4.30. The lowest BCUT2D eigenvalue weighted by Gasteiger charge is -2.19. The van der Waals surface area contributed by atoms with Crippen molar-refractivity contribution < 1.29 is 22.0 Å². The average molecular weight is 243 g/mol. The number of anilines is 1. The number of alkyl halides is 5. The third-order valence-corrected chi connectivity index (χ3v) is 2.20. The van der Waals surface area contributed by atoms with Gasteiger partial charge in [-0.1, -0.05) is 0 Å². The first kappa shape index (κ1) is 12.7. The van der Waals surface area contributed by atoms with Crippen LogP contribution in [0.1, 0.15) is 11.4 Å². The van der Waals surface area contributed by atoms with Gasteiger partial charge >= 0.3 is 12.1 Å². The third kappa shape index (κ3) is 2.10. The summed E-state index contributed by atoms with van der Waals surface area (Å²) in [6, 6.07) is 0. The predicted octanol–water partition coefficient (Wildman–Crippen LogP) is 2.28. The Morgan fingerprint density at radius 3 is 2.00 bits per heavy atom. The van der Waals surface area contributed by atoms with E-state index in [0.29, 0.717) is 4.68 Å². The van der Waals surface area contributed by atoms with Gasteiger partial charge in [0.2, 0.25) is 0 Å². The lowest BCUT2D eigenvalue weighted by Crippen LogP contribution is -2.40. The Hall–Kier alpha value is -1.34. The summed E-state index contributed by atoms with van der Waals surface area (Å²) in [6.45, 7) is 1.22. The van der Waals surface area contributed by atoms with Gasteiger partial charge in [-0.05, 0) is 13.8 Å². The van der Waals surface area contributed by atoms with Crippen molar-refractivity contribution in [3.63, 3.8) is 0 Å². The van der Waals surface area contributed by atoms with E-state index in [1.807, 2.05) is 0 Å². The van der Waals surface area contributed by atoms with E-state index in [1.54, 1.807) is 0 Å². The average Bonchev–Trinajstić information content (AvgIpc) is 2.31. The fourth-order valence-corrected chi connectivity index (χ4v) is 1.14. The Kier molecular flexibility index (Phi) is 2.86. The van der Waals surface area contributed by atoms with Crippen molar-refractivity contribution in [2.24, 2.45) is 0 Å². The molecule has 16 heavy (non-hydrogen) atoms. The molecule has 1 aromatic heterocycles. The summed E-state index contributed by atoms with van der Waals surface area (Å²) in [7, 11) is 0. The smallest absolute Gasteiger partial charge is 0.396 e. The minimum Gasteiger partial charge on any atom is -0.396 e. The summed E-state index contributed by atoms with van der Waals surface area (Å²) >= 11 is 0. The van der Waals surface area contributed by atoms with Gasteiger partial charge in [0, 0.05) is 0 Å². The van der Waals surface area contributed by atoms with Crippen LogP contribution in [-0.2, 0) is 6.54 Å². The van der Waals surface area contributed by atoms with Crippen molar-refractivity contribution >= 4 is 5.69 Å². The van der Waals surface area contributed by atoms with Crippen LogP contribution in [0.4, 0.5) is 27.6 Å². The van der Waals surface area contributed by atoms with E-state index in [1.165, 1.54) is 13.8 Å². The number of aromatic nitrogens is 2. The molecule has 92 valence electrons. The second-order valence-electron chi connectivity index (χ2n) is 3.44. The van der Waals surface area contributed by atoms with Crippen molar-refractivity contribution in [1.82, 2.24) is 9.78 Å². The van der Waals surface area contributed by atoms with Crippen molar-refractivity contribution in [2.75, 3.05) is 5.73 Å². The molecule has 0 aliphatic carbocycles. The molecule has 0 aliphatic heterocycles. The molecular formula is C8H10F5N3. The van der Waals surface area contributed by atoms with E-state index in [2.05, 4.69) is 5.10 Å². The van der Waals surface area contributed by atoms with Crippen LogP contribution >= 0.6 is 0 Å². The van der Waals surface area contributed by atoms with E-state index in [0.717, 1.165) is 0 Å². The van der Waals surface area contributed by atoms with E-state index in [-0.39, 0.29) is 17.1 Å². The number of hydrogen-bond donors (Lipinski definition) is 1. The Bertz CT molecular complexity index is 393. The topological polar surface area (TPSA) is 43.8 Å². The zero-order valence-corrected chi connectivity index (χ0v) is 8.57. The lowest BCUT2D eigenvalue weighted by atomic mass is 10.3. The van der Waals surface area contributed by atoms with Crippen LogP contribution in [0.5, 0.6) is 0 Å². The van der Waals surface area contributed by atoms with E-state index < -0.39 is 18.6 Å². The molecule has 0 saturated heterocycles. The van der Waals surface area contributed by atoms with Gasteiger partial charge in [-0.25, -0.2) is 0 Å². The number of halogens is 5. The molecule has 0 bridgehead atoms. The van der Waals surface area contributed by atoms with Crippen molar-refractivity contribution in [3.8, 4) is 0 Å². The van der Waals surface area contributed by atoms with Gasteiger partial charge in [-0.3, -0.25) is 4.68 Å². The minimum atomic E-state index is -5.59. The second kappa shape index (κ2) is 3.60. The number of nitrogens with zero attached hydrogens (tertiary/aromatic N) is 2. The maximum atomic E-state index is 12.7. The molecule has 2 N–H and O–H groups in total. The Labute approximate surface area is 88.0 Å². The number of aryl methyl sites for hydroxylation is 1. The molecule has 0 saturated carbocycles. The van der Waals surface area contributed by atoms with Gasteiger partial charge in [0.1, 0.15) is 6.54 Å². The minimum absolute atomic E-state index is 0.0985. The Balaban J connectivity index is 3.02. The number of nitrogen functional groups attached to an aromatic ring is 1. The fraction of sp³-hybridized carbons (Fsp3) is 0.625. The monoisotopic (exact) mass is 243 g/mol. The van der Waals surface area contributed by atoms with E-state index in [9.17, 15) is 22.0 Å². The van der Waals surface area contributed by atoms with Crippen molar-refractivity contribution in [1.29, 1.82) is 0 Å². The van der Waals surface area contributed by atoms with Gasteiger partial charge in [0.05, 0.1) is 17.1 Å². The molecule has 1 heterocycles. The van der Waals surface area contributed by atoms with Crippen LogP contribution in [0, 0.1) is 13.8 Å². The van der Waals surface area contributed by atoms with Crippen LogP contribution in [0.25, 0.3) is 0 Å². The quantitative estimate of drug-likeness (QED) is 0.810. The molecule has 0 aliphatic rings. The molecule has 3 nitrogen and oxygen atoms in total. The highest BCUT2D eigenvalue weighted by Gasteiger charge is 2.57. The molecule has 0 spiro atoms. The highest BCUT2D eigenvalue weighted by Crippen LogP contribution is 2.37. The van der Waals surface area contributed by atoms with Gasteiger partial charge in [-0.15, -0.1) is 0 Å². The molecule has 0 fully saturated rings. The molecule has 0 atom stereocenters. The van der Waals surface area contributed by atoms with Crippen molar-refractivity contribution in [3.05, 3.63) is 11.4 Å². The molecule has 0 aromatic carbocycles. The van der Waals surface area contributed by atoms with Crippen LogP contribution in [0.15, 0.2) is 0 Å². The molecule has 1 rings (SSSR count). The predicted molar refractivity (Wildman–Crippen MR) is 47.1 cm³/mol. The Morgan fingerprint density at radius 1 is 1.19 bits per heavy atom. The summed E-state index contributed by atoms with van der Waals surface area (Å²) in [5.74, 6) is -4.82. The zero-order chi connectivity index (χ0) is 12.7. The first-order chi connectivity index (χ1) is 7.06. The van der Waals surface area contributed by atoms with Gasteiger partial charge < -0.3 is 5.73 Å². The normalized spacial score (nSPS) is 13.2. The van der Waals surface area contributed by atoms with Crippen LogP contribution in [-0.4, -0.2) is 21.9 Å². The number of hydrogen-bond acceptors (Lipinski definition) is 2. The van der Waals surface area contributed by atoms with Gasteiger partial charge in [0.15, 0.2) is 0 Å². The van der Waals surface area contributed by atoms with Gasteiger partial charge in [0.25, 0.3) is 0 Å². The number of nitrogens with two attached hydrogens (primary N) is 1. The molecule has 8 heteroatoms. The molecule has 0 amide bonds. The van der Waals surface area contributed by atoms with Crippen LogP contribution < -0.4 is 5.73 Å². The van der Waals surface area contributed by atoms with E-state index >= 15 is 0 Å². The summed E-state index contributed by atoms with van der Waals surface area (Å²) in [5.41, 5.74) is 5.87. The largest absolute Gasteiger partial charge is 0.455 e. The van der Waals surface area contributed by atoms with E-state index in [4.69, 9.17) is 5.73 Å². The second-order valence-corrected chi connectivity index (χ2v) is 3.44. The van der Waals surface area contributed by atoms with Crippen LogP contribution in [0.3, 0.4) is 0 Å². The zero-order valence-electron chi connectivity index (χ0n) is 8.57. The molecular weight excluding hydrogens is 233 g/mol. The highest BCUT2D eigenvalue weighted by molar-refractivity contribution is 5.46. The maximum absolute atomic E-state index is 12.7. The third-order valence-electron chi connectivity index (χ3n) is 2.20. The first-order valence-corrected chi connectivity index (χ1v) is 4.30. The summed E-state index contributed by atoms with van der Waals surface area (Å²) in [6.07, 6.45) is -5.59.